The predicted molar refractivity (Wildman–Crippen MR) is 210 cm³/mol. The standard InChI is InChI=1S/C43H53N5O6/c1-24(2)33(19-32(50)23-49)42(52)47-10-6-8-39(47)37-17-30(21-44-37)27-12-26-14-29-16-36(46-35(29)15-28(26)13-27)31-18-38(45-22-31)40-9-7-11-48(40)43(53)34(25(3)4)20-41(51)54-5/h13-16,21-22,24-25,33-34,39-40,46,49H,6-12,17-20,23H2,1-5H3/t33?,34-,39?,40?/m0/s1. The number of esters is 1. The third-order valence-corrected chi connectivity index (χ3v) is 12.2. The van der Waals surface area contributed by atoms with Crippen LogP contribution in [0, 0.1) is 23.7 Å². The fourth-order valence-electron chi connectivity index (χ4n) is 8.99. The van der Waals surface area contributed by atoms with Gasteiger partial charge in [-0.1, -0.05) is 33.8 Å². The fourth-order valence-corrected chi connectivity index (χ4v) is 8.99. The number of fused-ring (bicyclic) bond motifs is 2. The van der Waals surface area contributed by atoms with Crippen LogP contribution >= 0.6 is 0 Å². The van der Waals surface area contributed by atoms with Crippen molar-refractivity contribution in [3.8, 4) is 0 Å². The molecule has 3 unspecified atom stereocenters. The number of nitrogens with zero attached hydrogens (tertiary/aromatic N) is 4. The summed E-state index contributed by atoms with van der Waals surface area (Å²) in [4.78, 5) is 68.7. The lowest BCUT2D eigenvalue weighted by Crippen LogP contribution is -2.45. The maximum absolute atomic E-state index is 13.7. The second-order valence-corrected chi connectivity index (χ2v) is 16.3. The summed E-state index contributed by atoms with van der Waals surface area (Å²) >= 11 is 0. The number of H-pyrrole nitrogens is 1. The number of amides is 2. The van der Waals surface area contributed by atoms with Crippen molar-refractivity contribution in [1.29, 1.82) is 0 Å². The quantitative estimate of drug-likeness (QED) is 0.239. The highest BCUT2D eigenvalue weighted by atomic mass is 16.5. The Morgan fingerprint density at radius 1 is 0.815 bits per heavy atom. The van der Waals surface area contributed by atoms with Crippen molar-refractivity contribution in [3.63, 3.8) is 0 Å². The number of nitrogens with one attached hydrogen (secondary N) is 1. The molecule has 286 valence electrons. The molecule has 2 N–H and O–H groups in total. The largest absolute Gasteiger partial charge is 0.469 e. The van der Waals surface area contributed by atoms with Crippen LogP contribution in [0.2, 0.25) is 0 Å². The van der Waals surface area contributed by atoms with E-state index in [0.29, 0.717) is 25.9 Å². The molecular formula is C43H53N5O6. The molecule has 11 heteroatoms. The fraction of sp³-hybridized carbons (Fsp3) is 0.535. The maximum atomic E-state index is 13.7. The number of ether oxygens (including phenoxy) is 1. The summed E-state index contributed by atoms with van der Waals surface area (Å²) in [5, 5.41) is 10.5. The number of hydrogen-bond acceptors (Lipinski definition) is 8. The van der Waals surface area contributed by atoms with Crippen molar-refractivity contribution >= 4 is 57.5 Å². The summed E-state index contributed by atoms with van der Waals surface area (Å²) in [6.07, 6.45) is 12.1. The van der Waals surface area contributed by atoms with Gasteiger partial charge >= 0.3 is 5.97 Å². The van der Waals surface area contributed by atoms with Gasteiger partial charge in [0, 0.05) is 78.7 Å². The number of aliphatic hydroxyl groups excluding tert-OH is 1. The SMILES string of the molecule is COC(=O)C[C@H](C(=O)N1CCCC1C1=NC=C(c2cc3cc4c(cc3[nH]2)C=C(C2=CN=C(C3CCCN3C(=O)C(CC(=O)CO)C(C)C)C2)C4)C1)C(C)C. The van der Waals surface area contributed by atoms with Crippen molar-refractivity contribution in [2.45, 2.75) is 97.6 Å². The molecule has 2 fully saturated rings. The average Bonchev–Trinajstić information content (AvgIpc) is 4.00. The van der Waals surface area contributed by atoms with E-state index < -0.39 is 18.4 Å². The zero-order valence-electron chi connectivity index (χ0n) is 32.2. The zero-order valence-corrected chi connectivity index (χ0v) is 32.2. The number of methoxy groups -OCH3 is 1. The highest BCUT2D eigenvalue weighted by molar-refractivity contribution is 6.04. The Hall–Kier alpha value is -4.64. The molecule has 5 heterocycles. The van der Waals surface area contributed by atoms with Crippen molar-refractivity contribution < 1.29 is 29.0 Å². The molecule has 0 saturated carbocycles. The van der Waals surface area contributed by atoms with E-state index in [9.17, 15) is 24.3 Å². The number of carbonyl (C=O) groups is 4. The van der Waals surface area contributed by atoms with Gasteiger partial charge < -0.3 is 24.6 Å². The number of rotatable bonds is 13. The van der Waals surface area contributed by atoms with Crippen LogP contribution < -0.4 is 0 Å². The van der Waals surface area contributed by atoms with Gasteiger partial charge in [0.2, 0.25) is 11.8 Å². The lowest BCUT2D eigenvalue weighted by molar-refractivity contribution is -0.148. The molecular weight excluding hydrogens is 683 g/mol. The molecule has 2 amide bonds. The van der Waals surface area contributed by atoms with Gasteiger partial charge in [0.05, 0.1) is 31.5 Å². The Morgan fingerprint density at radius 2 is 1.41 bits per heavy atom. The van der Waals surface area contributed by atoms with Gasteiger partial charge in [-0.2, -0.15) is 0 Å². The summed E-state index contributed by atoms with van der Waals surface area (Å²) in [6.45, 7) is 8.69. The summed E-state index contributed by atoms with van der Waals surface area (Å²) in [7, 11) is 1.36. The molecule has 54 heavy (non-hydrogen) atoms. The normalized spacial score (nSPS) is 22.0. The number of carbonyl (C=O) groups excluding carboxylic acids is 4. The number of aromatic nitrogens is 1. The van der Waals surface area contributed by atoms with E-state index in [1.807, 2.05) is 49.9 Å². The van der Waals surface area contributed by atoms with Crippen molar-refractivity contribution in [3.05, 3.63) is 58.6 Å². The van der Waals surface area contributed by atoms with Crippen LogP contribution in [0.1, 0.15) is 95.9 Å². The second-order valence-electron chi connectivity index (χ2n) is 16.3. The Labute approximate surface area is 317 Å². The summed E-state index contributed by atoms with van der Waals surface area (Å²) in [6, 6.07) is 6.56. The molecule has 1 aliphatic carbocycles. The van der Waals surface area contributed by atoms with E-state index in [4.69, 9.17) is 14.7 Å². The van der Waals surface area contributed by atoms with Crippen LogP contribution in [0.4, 0.5) is 0 Å². The van der Waals surface area contributed by atoms with Gasteiger partial charge in [0.1, 0.15) is 6.61 Å². The molecule has 1 aromatic heterocycles. The monoisotopic (exact) mass is 735 g/mol. The number of Topliss-reactive ketones (excluding diaryl/α,β-unsaturated/α-hetero) is 1. The third kappa shape index (κ3) is 7.39. The molecule has 2 aromatic rings. The molecule has 11 nitrogen and oxygen atoms in total. The summed E-state index contributed by atoms with van der Waals surface area (Å²) in [5.74, 6) is -1.47. The summed E-state index contributed by atoms with van der Waals surface area (Å²) < 4.78 is 4.89. The molecule has 1 aromatic carbocycles. The minimum Gasteiger partial charge on any atom is -0.469 e. The second kappa shape index (κ2) is 15.6. The van der Waals surface area contributed by atoms with Gasteiger partial charge in [-0.25, -0.2) is 0 Å². The number of benzene rings is 1. The highest BCUT2D eigenvalue weighted by Crippen LogP contribution is 2.39. The predicted octanol–water partition coefficient (Wildman–Crippen LogP) is 6.06. The lowest BCUT2D eigenvalue weighted by Gasteiger charge is -2.30. The Balaban J connectivity index is 0.985. The molecule has 0 bridgehead atoms. The van der Waals surface area contributed by atoms with Gasteiger partial charge in [-0.05, 0) is 90.0 Å². The van der Waals surface area contributed by atoms with E-state index in [0.717, 1.165) is 65.7 Å². The first-order valence-electron chi connectivity index (χ1n) is 19.6. The Kier molecular flexibility index (Phi) is 10.9. The maximum Gasteiger partial charge on any atom is 0.306 e. The first-order valence-corrected chi connectivity index (χ1v) is 19.6. The Morgan fingerprint density at radius 3 is 2.00 bits per heavy atom. The number of hydrogen-bond donors (Lipinski definition) is 2. The molecule has 4 atom stereocenters. The molecule has 5 aliphatic rings. The number of aliphatic hydroxyl groups is 1. The van der Waals surface area contributed by atoms with E-state index in [-0.39, 0.29) is 60.3 Å². The van der Waals surface area contributed by atoms with Crippen molar-refractivity contribution in [2.24, 2.45) is 33.7 Å². The molecule has 7 rings (SSSR count). The molecule has 4 aliphatic heterocycles. The smallest absolute Gasteiger partial charge is 0.306 e. The zero-order chi connectivity index (χ0) is 38.3. The van der Waals surface area contributed by atoms with Gasteiger partial charge in [-0.15, -0.1) is 0 Å². The number of aromatic amines is 1. The van der Waals surface area contributed by atoms with Crippen molar-refractivity contribution in [2.75, 3.05) is 26.8 Å². The number of ketones is 1. The van der Waals surface area contributed by atoms with E-state index in [1.54, 1.807) is 0 Å². The number of likely N-dealkylation sites (tertiary alicyclic amines) is 2. The van der Waals surface area contributed by atoms with Crippen LogP contribution in [0.25, 0.3) is 22.6 Å². The first-order chi connectivity index (χ1) is 25.9. The van der Waals surface area contributed by atoms with Gasteiger partial charge in [-0.3, -0.25) is 29.2 Å². The summed E-state index contributed by atoms with van der Waals surface area (Å²) in [5.41, 5.74) is 10.1. The minimum absolute atomic E-state index is 0.00220. The van der Waals surface area contributed by atoms with Crippen LogP contribution in [0.15, 0.2) is 51.7 Å². The van der Waals surface area contributed by atoms with E-state index in [2.05, 4.69) is 29.3 Å². The molecule has 2 saturated heterocycles. The lowest BCUT2D eigenvalue weighted by atomic mass is 9.88. The van der Waals surface area contributed by atoms with Crippen LogP contribution in [0.5, 0.6) is 0 Å². The number of allylic oxidation sites excluding steroid dienone is 3. The Bertz CT molecular complexity index is 2010. The van der Waals surface area contributed by atoms with E-state index in [1.165, 1.54) is 29.4 Å². The average molecular weight is 736 g/mol. The molecule has 0 spiro atoms. The van der Waals surface area contributed by atoms with E-state index >= 15 is 0 Å². The van der Waals surface area contributed by atoms with Gasteiger partial charge in [0.15, 0.2) is 5.78 Å². The number of aliphatic imine (C=N–C) groups is 2. The van der Waals surface area contributed by atoms with Gasteiger partial charge in [0.25, 0.3) is 0 Å². The topological polar surface area (TPSA) is 145 Å². The van der Waals surface area contributed by atoms with Crippen LogP contribution in [0.3, 0.4) is 0 Å². The highest BCUT2D eigenvalue weighted by Gasteiger charge is 2.40. The van der Waals surface area contributed by atoms with Crippen molar-refractivity contribution in [1.82, 2.24) is 14.8 Å². The first kappa shape index (κ1) is 37.7. The van der Waals surface area contributed by atoms with Crippen LogP contribution in [-0.2, 0) is 30.3 Å². The third-order valence-electron chi connectivity index (χ3n) is 12.2. The molecule has 0 radical (unpaired) electrons. The minimum atomic E-state index is -0.535. The van der Waals surface area contributed by atoms with Crippen LogP contribution in [-0.4, -0.2) is 93.8 Å².